The van der Waals surface area contributed by atoms with E-state index in [9.17, 15) is 9.90 Å². The number of hydrogen-bond donors (Lipinski definition) is 1. The van der Waals surface area contributed by atoms with E-state index in [1.807, 2.05) is 30.3 Å². The van der Waals surface area contributed by atoms with Crippen molar-refractivity contribution in [3.05, 3.63) is 41.7 Å². The number of tetrazole rings is 1. The van der Waals surface area contributed by atoms with Gasteiger partial charge in [0, 0.05) is 20.0 Å². The highest BCUT2D eigenvalue weighted by atomic mass is 16.3. The number of aromatic nitrogens is 4. The van der Waals surface area contributed by atoms with Crippen LogP contribution in [0.4, 0.5) is 0 Å². The van der Waals surface area contributed by atoms with E-state index in [4.69, 9.17) is 0 Å². The number of amides is 1. The fourth-order valence-electron chi connectivity index (χ4n) is 2.90. The summed E-state index contributed by atoms with van der Waals surface area (Å²) in [5, 5.41) is 21.7. The van der Waals surface area contributed by atoms with Crippen LogP contribution >= 0.6 is 0 Å². The summed E-state index contributed by atoms with van der Waals surface area (Å²) in [5.74, 6) is 0.844. The molecule has 2 atom stereocenters. The van der Waals surface area contributed by atoms with Gasteiger partial charge < -0.3 is 10.0 Å². The third-order valence-corrected chi connectivity index (χ3v) is 4.51. The number of carbonyl (C=O) groups is 1. The second kappa shape index (κ2) is 7.09. The largest absolute Gasteiger partial charge is 0.391 e. The van der Waals surface area contributed by atoms with Gasteiger partial charge in [0.2, 0.25) is 5.91 Å². The van der Waals surface area contributed by atoms with Gasteiger partial charge >= 0.3 is 0 Å². The highest BCUT2D eigenvalue weighted by molar-refractivity contribution is 5.80. The summed E-state index contributed by atoms with van der Waals surface area (Å²) < 4.78 is 1.56. The molecule has 1 aliphatic rings. The van der Waals surface area contributed by atoms with Gasteiger partial charge in [0.05, 0.1) is 6.10 Å². The normalized spacial score (nSPS) is 16.6. The molecule has 1 heterocycles. The molecule has 128 valence electrons. The number of rotatable bonds is 7. The third kappa shape index (κ3) is 3.79. The average Bonchev–Trinajstić information content (AvgIpc) is 3.35. The van der Waals surface area contributed by atoms with Crippen molar-refractivity contribution < 1.29 is 9.90 Å². The van der Waals surface area contributed by atoms with Crippen LogP contribution < -0.4 is 0 Å². The number of carbonyl (C=O) groups excluding carboxylic acids is 1. The van der Waals surface area contributed by atoms with Crippen LogP contribution in [0.5, 0.6) is 0 Å². The van der Waals surface area contributed by atoms with Crippen LogP contribution in [0.1, 0.15) is 30.3 Å². The lowest BCUT2D eigenvalue weighted by atomic mass is 10.0. The maximum Gasteiger partial charge on any atom is 0.247 e. The molecular weight excluding hydrogens is 306 g/mol. The molecule has 0 aliphatic heterocycles. The molecule has 1 amide bonds. The standard InChI is InChI=1S/C17H23N5O2/c1-12-18-19-20-22(12)15(10-13-6-4-3-5-7-13)17(24)21(2)11-16(23)14-8-9-14/h3-7,14-16,23H,8-11H2,1-2H3. The number of nitrogens with zero attached hydrogens (tertiary/aromatic N) is 5. The van der Waals surface area contributed by atoms with Crippen molar-refractivity contribution in [1.29, 1.82) is 0 Å². The minimum absolute atomic E-state index is 0.0889. The van der Waals surface area contributed by atoms with Gasteiger partial charge in [-0.05, 0) is 41.7 Å². The van der Waals surface area contributed by atoms with Crippen molar-refractivity contribution in [2.24, 2.45) is 5.92 Å². The first kappa shape index (κ1) is 16.6. The molecule has 1 N–H and O–H groups in total. The summed E-state index contributed by atoms with van der Waals surface area (Å²) in [4.78, 5) is 14.6. The Labute approximate surface area is 141 Å². The lowest BCUT2D eigenvalue weighted by Gasteiger charge is -2.26. The average molecular weight is 329 g/mol. The van der Waals surface area contributed by atoms with Gasteiger partial charge in [0.15, 0.2) is 0 Å². The Kier molecular flexibility index (Phi) is 4.89. The molecule has 1 aromatic carbocycles. The summed E-state index contributed by atoms with van der Waals surface area (Å²) in [5.41, 5.74) is 1.04. The smallest absolute Gasteiger partial charge is 0.247 e. The summed E-state index contributed by atoms with van der Waals surface area (Å²) in [6.07, 6.45) is 2.15. The van der Waals surface area contributed by atoms with Crippen molar-refractivity contribution in [1.82, 2.24) is 25.1 Å². The zero-order chi connectivity index (χ0) is 17.1. The minimum Gasteiger partial charge on any atom is -0.391 e. The fourth-order valence-corrected chi connectivity index (χ4v) is 2.90. The minimum atomic E-state index is -0.515. The van der Waals surface area contributed by atoms with Gasteiger partial charge in [0.25, 0.3) is 0 Å². The molecule has 0 radical (unpaired) electrons. The number of hydrogen-bond acceptors (Lipinski definition) is 5. The second-order valence-electron chi connectivity index (χ2n) is 6.50. The molecular formula is C17H23N5O2. The first-order valence-corrected chi connectivity index (χ1v) is 8.27. The molecule has 1 aliphatic carbocycles. The van der Waals surface area contributed by atoms with Crippen LogP contribution in [0.3, 0.4) is 0 Å². The van der Waals surface area contributed by atoms with Crippen LogP contribution in [0.25, 0.3) is 0 Å². The lowest BCUT2D eigenvalue weighted by Crippen LogP contribution is -2.41. The lowest BCUT2D eigenvalue weighted by molar-refractivity contribution is -0.135. The van der Waals surface area contributed by atoms with E-state index in [0.29, 0.717) is 24.7 Å². The molecule has 7 heteroatoms. The van der Waals surface area contributed by atoms with E-state index in [-0.39, 0.29) is 5.91 Å². The predicted octanol–water partition coefficient (Wildman–Crippen LogP) is 0.995. The van der Waals surface area contributed by atoms with E-state index in [1.165, 1.54) is 0 Å². The molecule has 24 heavy (non-hydrogen) atoms. The van der Waals surface area contributed by atoms with E-state index >= 15 is 0 Å². The van der Waals surface area contributed by atoms with Gasteiger partial charge in [-0.15, -0.1) is 5.10 Å². The van der Waals surface area contributed by atoms with Crippen molar-refractivity contribution >= 4 is 5.91 Å². The van der Waals surface area contributed by atoms with Gasteiger partial charge in [-0.25, -0.2) is 4.68 Å². The van der Waals surface area contributed by atoms with Crippen LogP contribution in [-0.2, 0) is 11.2 Å². The molecule has 2 aromatic rings. The highest BCUT2D eigenvalue weighted by Gasteiger charge is 2.33. The van der Waals surface area contributed by atoms with E-state index < -0.39 is 12.1 Å². The fraction of sp³-hybridized carbons (Fsp3) is 0.529. The van der Waals surface area contributed by atoms with Crippen LogP contribution in [0.15, 0.2) is 30.3 Å². The van der Waals surface area contributed by atoms with E-state index in [1.54, 1.807) is 23.6 Å². The molecule has 2 unspecified atom stereocenters. The topological polar surface area (TPSA) is 84.1 Å². The monoisotopic (exact) mass is 329 g/mol. The Morgan fingerprint density at radius 1 is 1.38 bits per heavy atom. The zero-order valence-electron chi connectivity index (χ0n) is 14.0. The Hall–Kier alpha value is -2.28. The van der Waals surface area contributed by atoms with Gasteiger partial charge in [-0.3, -0.25) is 4.79 Å². The quantitative estimate of drug-likeness (QED) is 0.819. The molecule has 0 bridgehead atoms. The third-order valence-electron chi connectivity index (χ3n) is 4.51. The van der Waals surface area contributed by atoms with E-state index in [0.717, 1.165) is 18.4 Å². The Bertz CT molecular complexity index is 683. The van der Waals surface area contributed by atoms with Gasteiger partial charge in [-0.2, -0.15) is 0 Å². The second-order valence-corrected chi connectivity index (χ2v) is 6.50. The molecule has 7 nitrogen and oxygen atoms in total. The van der Waals surface area contributed by atoms with Crippen LogP contribution in [0.2, 0.25) is 0 Å². The Morgan fingerprint density at radius 2 is 2.08 bits per heavy atom. The molecule has 1 aromatic heterocycles. The van der Waals surface area contributed by atoms with Crippen molar-refractivity contribution in [3.8, 4) is 0 Å². The van der Waals surface area contributed by atoms with Gasteiger partial charge in [-0.1, -0.05) is 30.3 Å². The van der Waals surface area contributed by atoms with E-state index in [2.05, 4.69) is 15.5 Å². The molecule has 0 spiro atoms. The van der Waals surface area contributed by atoms with Crippen molar-refractivity contribution in [2.75, 3.05) is 13.6 Å². The summed E-state index contributed by atoms with van der Waals surface area (Å²) in [6, 6.07) is 9.30. The predicted molar refractivity (Wildman–Crippen MR) is 88.1 cm³/mol. The Morgan fingerprint density at radius 3 is 2.67 bits per heavy atom. The number of aliphatic hydroxyl groups is 1. The number of benzene rings is 1. The van der Waals surface area contributed by atoms with Crippen LogP contribution in [0, 0.1) is 12.8 Å². The van der Waals surface area contributed by atoms with Crippen molar-refractivity contribution in [3.63, 3.8) is 0 Å². The number of likely N-dealkylation sites (N-methyl/N-ethyl adjacent to an activating group) is 1. The highest BCUT2D eigenvalue weighted by Crippen LogP contribution is 2.33. The molecule has 3 rings (SSSR count). The number of aryl methyl sites for hydroxylation is 1. The molecule has 1 fully saturated rings. The molecule has 1 saturated carbocycles. The Balaban J connectivity index is 1.78. The maximum absolute atomic E-state index is 13.0. The first-order valence-electron chi connectivity index (χ1n) is 8.27. The first-order chi connectivity index (χ1) is 11.6. The summed E-state index contributed by atoms with van der Waals surface area (Å²) in [6.45, 7) is 2.13. The zero-order valence-corrected chi connectivity index (χ0v) is 14.0. The SMILES string of the molecule is Cc1nnnn1C(Cc1ccccc1)C(=O)N(C)CC(O)C1CC1. The summed E-state index contributed by atoms with van der Waals surface area (Å²) >= 11 is 0. The molecule has 0 saturated heterocycles. The van der Waals surface area contributed by atoms with Crippen molar-refractivity contribution in [2.45, 2.75) is 38.3 Å². The van der Waals surface area contributed by atoms with Gasteiger partial charge in [0.1, 0.15) is 11.9 Å². The maximum atomic E-state index is 13.0. The van der Waals surface area contributed by atoms with Crippen LogP contribution in [-0.4, -0.2) is 55.8 Å². The number of aliphatic hydroxyl groups excluding tert-OH is 1. The summed E-state index contributed by atoms with van der Waals surface area (Å²) in [7, 11) is 1.73.